The van der Waals surface area contributed by atoms with E-state index in [1.807, 2.05) is 18.2 Å². The molecule has 0 aliphatic carbocycles. The summed E-state index contributed by atoms with van der Waals surface area (Å²) in [5, 5.41) is 12.8. The zero-order valence-corrected chi connectivity index (χ0v) is 21.7. The van der Waals surface area contributed by atoms with Gasteiger partial charge >= 0.3 is 0 Å². The maximum absolute atomic E-state index is 6.01. The predicted octanol–water partition coefficient (Wildman–Crippen LogP) is 7.06. The monoisotopic (exact) mass is 490 g/mol. The Morgan fingerprint density at radius 1 is 1.09 bits per heavy atom. The Balaban J connectivity index is 1.41. The molecule has 0 spiro atoms. The van der Waals surface area contributed by atoms with E-state index in [-0.39, 0.29) is 5.41 Å². The highest BCUT2D eigenvalue weighted by molar-refractivity contribution is 7.98. The number of aryl methyl sites for hydroxylation is 1. The van der Waals surface area contributed by atoms with Crippen molar-refractivity contribution in [2.75, 3.05) is 0 Å². The summed E-state index contributed by atoms with van der Waals surface area (Å²) in [4.78, 5) is 4.83. The highest BCUT2D eigenvalue weighted by Crippen LogP contribution is 2.30. The zero-order chi connectivity index (χ0) is 24.1. The van der Waals surface area contributed by atoms with Crippen LogP contribution in [-0.2, 0) is 24.3 Å². The summed E-state index contributed by atoms with van der Waals surface area (Å²) in [5.41, 5.74) is 4.86. The second-order valence-electron chi connectivity index (χ2n) is 9.11. The molecule has 7 heteroatoms. The molecule has 0 radical (unpaired) electrons. The van der Waals surface area contributed by atoms with Crippen LogP contribution >= 0.6 is 23.1 Å². The zero-order valence-electron chi connectivity index (χ0n) is 20.1. The van der Waals surface area contributed by atoms with Crippen molar-refractivity contribution in [3.8, 4) is 16.3 Å². The minimum atomic E-state index is 0.118. The van der Waals surface area contributed by atoms with Crippen LogP contribution in [0.5, 0.6) is 5.75 Å². The summed E-state index contributed by atoms with van der Waals surface area (Å²) in [6.07, 6.45) is 1.86. The van der Waals surface area contributed by atoms with Crippen LogP contribution in [0.1, 0.15) is 43.4 Å². The highest BCUT2D eigenvalue weighted by Gasteiger charge is 2.15. The lowest BCUT2D eigenvalue weighted by Crippen LogP contribution is -2.11. The van der Waals surface area contributed by atoms with Gasteiger partial charge in [0.2, 0.25) is 0 Å². The number of thioether (sulfide) groups is 1. The largest absolute Gasteiger partial charge is 0.486 e. The van der Waals surface area contributed by atoms with Crippen molar-refractivity contribution in [3.63, 3.8) is 0 Å². The van der Waals surface area contributed by atoms with Crippen molar-refractivity contribution in [3.05, 3.63) is 89.2 Å². The summed E-state index contributed by atoms with van der Waals surface area (Å²) >= 11 is 3.31. The molecular weight excluding hydrogens is 460 g/mol. The van der Waals surface area contributed by atoms with Crippen LogP contribution in [0.15, 0.2) is 71.7 Å². The molecule has 0 saturated carbocycles. The van der Waals surface area contributed by atoms with Gasteiger partial charge in [0.15, 0.2) is 11.0 Å². The second kappa shape index (κ2) is 10.6. The number of hydrogen-bond donors (Lipinski definition) is 0. The molecule has 2 aromatic heterocycles. The molecule has 0 aliphatic rings. The van der Waals surface area contributed by atoms with E-state index >= 15 is 0 Å². The fourth-order valence-corrected chi connectivity index (χ4v) is 5.37. The molecular formula is C27H30N4OS2. The quantitative estimate of drug-likeness (QED) is 0.186. The number of hydrogen-bond acceptors (Lipinski definition) is 6. The molecule has 4 aromatic rings. The first-order chi connectivity index (χ1) is 16.3. The molecule has 4 rings (SSSR count). The van der Waals surface area contributed by atoms with E-state index in [1.165, 1.54) is 16.7 Å². The molecule has 0 N–H and O–H groups in total. The molecule has 0 amide bonds. The Bertz CT molecular complexity index is 1250. The van der Waals surface area contributed by atoms with E-state index < -0.39 is 0 Å². The van der Waals surface area contributed by atoms with E-state index in [2.05, 4.69) is 90.8 Å². The summed E-state index contributed by atoms with van der Waals surface area (Å²) < 4.78 is 8.06. The summed E-state index contributed by atoms with van der Waals surface area (Å²) in [6, 6.07) is 16.6. The van der Waals surface area contributed by atoms with E-state index in [0.717, 1.165) is 33.2 Å². The number of benzene rings is 2. The average Bonchev–Trinajstić information content (AvgIpc) is 3.44. The topological polar surface area (TPSA) is 52.8 Å². The van der Waals surface area contributed by atoms with Gasteiger partial charge in [-0.25, -0.2) is 4.98 Å². The van der Waals surface area contributed by atoms with E-state index in [0.29, 0.717) is 13.2 Å². The Kier molecular flexibility index (Phi) is 7.54. The molecule has 176 valence electrons. The summed E-state index contributed by atoms with van der Waals surface area (Å²) in [6.45, 7) is 13.6. The number of allylic oxidation sites excluding steroid dienone is 1. The van der Waals surface area contributed by atoms with Gasteiger partial charge in [-0.15, -0.1) is 28.1 Å². The van der Waals surface area contributed by atoms with Gasteiger partial charge < -0.3 is 4.74 Å². The minimum absolute atomic E-state index is 0.118. The van der Waals surface area contributed by atoms with Crippen molar-refractivity contribution in [2.45, 2.75) is 57.2 Å². The van der Waals surface area contributed by atoms with Gasteiger partial charge in [-0.05, 0) is 35.6 Å². The second-order valence-corrected chi connectivity index (χ2v) is 10.9. The van der Waals surface area contributed by atoms with Crippen molar-refractivity contribution in [2.24, 2.45) is 0 Å². The molecule has 0 saturated heterocycles. The van der Waals surface area contributed by atoms with Gasteiger partial charge in [-0.3, -0.25) is 4.57 Å². The fraction of sp³-hybridized carbons (Fsp3) is 0.296. The number of rotatable bonds is 9. The van der Waals surface area contributed by atoms with Gasteiger partial charge in [0.05, 0.1) is 5.69 Å². The molecule has 0 atom stereocenters. The van der Waals surface area contributed by atoms with Gasteiger partial charge in [0, 0.05) is 23.2 Å². The Morgan fingerprint density at radius 2 is 1.85 bits per heavy atom. The summed E-state index contributed by atoms with van der Waals surface area (Å²) in [7, 11) is 0. The van der Waals surface area contributed by atoms with Crippen LogP contribution in [0.3, 0.4) is 0 Å². The van der Waals surface area contributed by atoms with Crippen LogP contribution in [0, 0.1) is 6.92 Å². The van der Waals surface area contributed by atoms with E-state index in [4.69, 9.17) is 9.72 Å². The lowest BCUT2D eigenvalue weighted by Gasteiger charge is -2.19. The lowest BCUT2D eigenvalue weighted by molar-refractivity contribution is 0.289. The molecule has 2 heterocycles. The summed E-state index contributed by atoms with van der Waals surface area (Å²) in [5.74, 6) is 2.33. The Labute approximate surface area is 209 Å². The fourth-order valence-electron chi connectivity index (χ4n) is 3.49. The maximum atomic E-state index is 6.01. The van der Waals surface area contributed by atoms with Crippen LogP contribution in [0.2, 0.25) is 0 Å². The van der Waals surface area contributed by atoms with Crippen LogP contribution in [0.4, 0.5) is 0 Å². The SMILES string of the molecule is C=CCn1c(COc2ccc(C(C)(C)C)cc2)nnc1SCc1csc(-c2ccccc2C)n1. The number of nitrogens with zero attached hydrogens (tertiary/aromatic N) is 4. The van der Waals surface area contributed by atoms with Crippen molar-refractivity contribution >= 4 is 23.1 Å². The molecule has 0 fully saturated rings. The minimum Gasteiger partial charge on any atom is -0.486 e. The normalized spacial score (nSPS) is 11.5. The number of aromatic nitrogens is 4. The molecule has 0 unspecified atom stereocenters. The lowest BCUT2D eigenvalue weighted by atomic mass is 9.87. The van der Waals surface area contributed by atoms with E-state index in [9.17, 15) is 0 Å². The Morgan fingerprint density at radius 3 is 2.56 bits per heavy atom. The van der Waals surface area contributed by atoms with Gasteiger partial charge in [0.1, 0.15) is 17.4 Å². The van der Waals surface area contributed by atoms with Gasteiger partial charge in [0.25, 0.3) is 0 Å². The average molecular weight is 491 g/mol. The number of ether oxygens (including phenoxy) is 1. The van der Waals surface area contributed by atoms with Crippen LogP contribution < -0.4 is 4.74 Å². The highest BCUT2D eigenvalue weighted by atomic mass is 32.2. The van der Waals surface area contributed by atoms with Crippen LogP contribution in [0.25, 0.3) is 10.6 Å². The Hall–Kier alpha value is -2.90. The third-order valence-electron chi connectivity index (χ3n) is 5.47. The van der Waals surface area contributed by atoms with Crippen molar-refractivity contribution < 1.29 is 4.74 Å². The predicted molar refractivity (Wildman–Crippen MR) is 142 cm³/mol. The molecule has 34 heavy (non-hydrogen) atoms. The van der Waals surface area contributed by atoms with Crippen LogP contribution in [-0.4, -0.2) is 19.7 Å². The van der Waals surface area contributed by atoms with Crippen molar-refractivity contribution in [1.82, 2.24) is 19.7 Å². The van der Waals surface area contributed by atoms with Crippen molar-refractivity contribution in [1.29, 1.82) is 0 Å². The molecule has 2 aromatic carbocycles. The van der Waals surface area contributed by atoms with Gasteiger partial charge in [-0.1, -0.05) is 75.0 Å². The first kappa shape index (κ1) is 24.2. The first-order valence-corrected chi connectivity index (χ1v) is 13.1. The molecule has 5 nitrogen and oxygen atoms in total. The molecule has 0 aliphatic heterocycles. The standard InChI is InChI=1S/C27H30N4OS2/c1-6-15-31-24(16-32-22-13-11-20(12-14-22)27(3,4)5)29-30-26(31)34-18-21-17-33-25(28-21)23-10-8-7-9-19(23)2/h6-14,17H,1,15-16,18H2,2-5H3. The third-order valence-corrected chi connectivity index (χ3v) is 7.39. The van der Waals surface area contributed by atoms with Gasteiger partial charge in [-0.2, -0.15) is 0 Å². The number of thiazole rings is 1. The smallest absolute Gasteiger partial charge is 0.191 e. The van der Waals surface area contributed by atoms with E-state index in [1.54, 1.807) is 23.1 Å². The molecule has 0 bridgehead atoms. The maximum Gasteiger partial charge on any atom is 0.191 e. The third kappa shape index (κ3) is 5.77. The first-order valence-electron chi connectivity index (χ1n) is 11.2.